The topological polar surface area (TPSA) is 160 Å². The Morgan fingerprint density at radius 2 is 0.962 bits per heavy atom. The first-order chi connectivity index (χ1) is 25.0. The quantitative estimate of drug-likeness (QED) is 0.0809. The van der Waals surface area contributed by atoms with Crippen LogP contribution in [0.3, 0.4) is 0 Å². The molecule has 0 aliphatic heterocycles. The molecule has 270 valence electrons. The fraction of sp³-hybridized carbons (Fsp3) is 0.263. The number of nitrogens with one attached hydrogen (secondary N) is 2. The normalized spacial score (nSPS) is 12.3. The number of amides is 2. The average molecular weight is 746 g/mol. The predicted octanol–water partition coefficient (Wildman–Crippen LogP) is 9.60. The molecule has 14 heteroatoms. The SMILES string of the molecule is CCCOc1ccc(NC(=O)C(N=Nc2ccc(-c3ccc(N=NC(C(C)=O)C(=O)Nc4ccc(OCCC)cc4)c(Cl)c3)cc2Cl)C(C)=O)cc1. The molecule has 0 aliphatic rings. The molecule has 0 fully saturated rings. The molecule has 2 N–H and O–H groups in total. The zero-order valence-corrected chi connectivity index (χ0v) is 30.6. The third-order valence-corrected chi connectivity index (χ3v) is 7.85. The van der Waals surface area contributed by atoms with Crippen LogP contribution in [0.25, 0.3) is 11.1 Å². The van der Waals surface area contributed by atoms with Crippen LogP contribution in [0.1, 0.15) is 40.5 Å². The smallest absolute Gasteiger partial charge is 0.258 e. The van der Waals surface area contributed by atoms with E-state index in [0.29, 0.717) is 47.2 Å². The third-order valence-electron chi connectivity index (χ3n) is 7.25. The van der Waals surface area contributed by atoms with Crippen molar-refractivity contribution in [3.63, 3.8) is 0 Å². The largest absolute Gasteiger partial charge is 0.494 e. The van der Waals surface area contributed by atoms with Crippen molar-refractivity contribution in [1.82, 2.24) is 0 Å². The molecule has 2 unspecified atom stereocenters. The lowest BCUT2D eigenvalue weighted by atomic mass is 10.0. The summed E-state index contributed by atoms with van der Waals surface area (Å²) in [6.45, 7) is 7.67. The van der Waals surface area contributed by atoms with E-state index in [9.17, 15) is 19.2 Å². The molecular weight excluding hydrogens is 707 g/mol. The summed E-state index contributed by atoms with van der Waals surface area (Å²) >= 11 is 13.0. The third kappa shape index (κ3) is 11.3. The van der Waals surface area contributed by atoms with Crippen LogP contribution in [-0.2, 0) is 19.2 Å². The molecule has 0 aliphatic carbocycles. The Balaban J connectivity index is 1.41. The minimum atomic E-state index is -1.39. The summed E-state index contributed by atoms with van der Waals surface area (Å²) in [7, 11) is 0. The van der Waals surface area contributed by atoms with Crippen molar-refractivity contribution in [3.05, 3.63) is 95.0 Å². The van der Waals surface area contributed by atoms with Crippen LogP contribution in [0.2, 0.25) is 10.0 Å². The number of rotatable bonds is 17. The maximum atomic E-state index is 12.9. The van der Waals surface area contributed by atoms with Gasteiger partial charge in [-0.25, -0.2) is 0 Å². The van der Waals surface area contributed by atoms with Crippen molar-refractivity contribution >= 4 is 69.3 Å². The number of carbonyl (C=O) groups is 4. The Morgan fingerprint density at radius 1 is 0.596 bits per heavy atom. The van der Waals surface area contributed by atoms with Gasteiger partial charge in [-0.2, -0.15) is 20.5 Å². The van der Waals surface area contributed by atoms with Crippen molar-refractivity contribution in [1.29, 1.82) is 0 Å². The molecule has 0 heterocycles. The molecule has 0 radical (unpaired) electrons. The Bertz CT molecular complexity index is 1810. The van der Waals surface area contributed by atoms with Gasteiger partial charge in [0.2, 0.25) is 12.1 Å². The zero-order chi connectivity index (χ0) is 37.6. The van der Waals surface area contributed by atoms with Crippen LogP contribution >= 0.6 is 23.2 Å². The molecule has 4 aromatic carbocycles. The van der Waals surface area contributed by atoms with Crippen molar-refractivity contribution in [2.24, 2.45) is 20.5 Å². The van der Waals surface area contributed by atoms with Crippen LogP contribution in [0, 0.1) is 0 Å². The second-order valence-electron chi connectivity index (χ2n) is 11.5. The summed E-state index contributed by atoms with van der Waals surface area (Å²) in [5, 5.41) is 21.9. The lowest BCUT2D eigenvalue weighted by Crippen LogP contribution is -2.31. The molecule has 0 spiro atoms. The van der Waals surface area contributed by atoms with Gasteiger partial charge < -0.3 is 20.1 Å². The number of benzene rings is 4. The Kier molecular flexibility index (Phi) is 14.5. The highest BCUT2D eigenvalue weighted by Crippen LogP contribution is 2.35. The van der Waals surface area contributed by atoms with Gasteiger partial charge in [-0.3, -0.25) is 19.2 Å². The van der Waals surface area contributed by atoms with Gasteiger partial charge in [0.25, 0.3) is 11.8 Å². The summed E-state index contributed by atoms with van der Waals surface area (Å²) in [5.41, 5.74) is 2.79. The molecule has 12 nitrogen and oxygen atoms in total. The minimum Gasteiger partial charge on any atom is -0.494 e. The Hall–Kier alpha value is -5.46. The van der Waals surface area contributed by atoms with Crippen molar-refractivity contribution < 1.29 is 28.7 Å². The highest BCUT2D eigenvalue weighted by molar-refractivity contribution is 6.34. The van der Waals surface area contributed by atoms with Gasteiger partial charge >= 0.3 is 0 Å². The molecule has 0 saturated heterocycles. The van der Waals surface area contributed by atoms with Gasteiger partial charge in [-0.05, 0) is 111 Å². The molecule has 2 atom stereocenters. The number of nitrogens with zero attached hydrogens (tertiary/aromatic N) is 4. The lowest BCUT2D eigenvalue weighted by Gasteiger charge is -2.11. The second-order valence-corrected chi connectivity index (χ2v) is 12.3. The molecular formula is C38H38Cl2N6O6. The number of ether oxygens (including phenoxy) is 2. The summed E-state index contributed by atoms with van der Waals surface area (Å²) in [4.78, 5) is 50.3. The summed E-state index contributed by atoms with van der Waals surface area (Å²) < 4.78 is 11.1. The molecule has 4 aromatic rings. The van der Waals surface area contributed by atoms with E-state index < -0.39 is 35.5 Å². The number of Topliss-reactive ketones (excluding diaryl/α,β-unsaturated/α-hetero) is 2. The lowest BCUT2D eigenvalue weighted by molar-refractivity contribution is -0.127. The number of azo groups is 2. The minimum absolute atomic E-state index is 0.213. The molecule has 0 bridgehead atoms. The van der Waals surface area contributed by atoms with Gasteiger partial charge in [0, 0.05) is 11.4 Å². The Morgan fingerprint density at radius 3 is 1.27 bits per heavy atom. The van der Waals surface area contributed by atoms with E-state index in [1.165, 1.54) is 13.8 Å². The summed E-state index contributed by atoms with van der Waals surface area (Å²) in [6.07, 6.45) is 1.74. The summed E-state index contributed by atoms with van der Waals surface area (Å²) in [6, 6.07) is 20.7. The van der Waals surface area contributed by atoms with E-state index >= 15 is 0 Å². The van der Waals surface area contributed by atoms with Crippen LogP contribution in [0.5, 0.6) is 11.5 Å². The molecule has 52 heavy (non-hydrogen) atoms. The van der Waals surface area contributed by atoms with E-state index in [2.05, 4.69) is 31.1 Å². The van der Waals surface area contributed by atoms with Crippen molar-refractivity contribution in [3.8, 4) is 22.6 Å². The second kappa shape index (κ2) is 19.2. The van der Waals surface area contributed by atoms with Crippen LogP contribution in [0.15, 0.2) is 105 Å². The van der Waals surface area contributed by atoms with Gasteiger partial charge in [-0.1, -0.05) is 49.2 Å². The standard InChI is InChI=1S/C38H38Cl2N6O6/c1-5-19-51-29-13-9-27(10-14-29)41-37(49)35(23(3)47)45-43-33-17-7-25(21-31(33)39)26-8-18-34(32(40)22-26)44-46-36(24(4)48)38(50)42-28-11-15-30(16-12-28)52-20-6-2/h7-18,21-22,35-36H,5-6,19-20H2,1-4H3,(H,41,49)(H,42,50). The van der Waals surface area contributed by atoms with Crippen LogP contribution in [0.4, 0.5) is 22.7 Å². The molecule has 4 rings (SSSR count). The van der Waals surface area contributed by atoms with Gasteiger partial charge in [0.15, 0.2) is 11.6 Å². The maximum Gasteiger partial charge on any atom is 0.258 e. The van der Waals surface area contributed by atoms with Crippen molar-refractivity contribution in [2.75, 3.05) is 23.8 Å². The molecule has 2 amide bonds. The first-order valence-corrected chi connectivity index (χ1v) is 17.2. The number of halogens is 2. The van der Waals surface area contributed by atoms with Crippen LogP contribution < -0.4 is 20.1 Å². The van der Waals surface area contributed by atoms with Crippen molar-refractivity contribution in [2.45, 2.75) is 52.6 Å². The maximum absolute atomic E-state index is 12.9. The number of hydrogen-bond donors (Lipinski definition) is 2. The fourth-order valence-corrected chi connectivity index (χ4v) is 4.98. The zero-order valence-electron chi connectivity index (χ0n) is 29.1. The predicted molar refractivity (Wildman–Crippen MR) is 202 cm³/mol. The van der Waals surface area contributed by atoms with E-state index in [1.807, 2.05) is 13.8 Å². The van der Waals surface area contributed by atoms with E-state index in [4.69, 9.17) is 32.7 Å². The average Bonchev–Trinajstić information content (AvgIpc) is 3.12. The summed E-state index contributed by atoms with van der Waals surface area (Å²) in [5.74, 6) is -0.946. The van der Waals surface area contributed by atoms with Gasteiger partial charge in [-0.15, -0.1) is 0 Å². The molecule has 0 aromatic heterocycles. The number of anilines is 2. The highest BCUT2D eigenvalue weighted by atomic mass is 35.5. The monoisotopic (exact) mass is 744 g/mol. The number of ketones is 2. The van der Waals surface area contributed by atoms with Gasteiger partial charge in [0.1, 0.15) is 22.9 Å². The first-order valence-electron chi connectivity index (χ1n) is 16.5. The van der Waals surface area contributed by atoms with E-state index in [0.717, 1.165) is 12.8 Å². The van der Waals surface area contributed by atoms with Crippen LogP contribution in [-0.4, -0.2) is 48.7 Å². The Labute approximate surface area is 311 Å². The van der Waals surface area contributed by atoms with E-state index in [1.54, 1.807) is 84.9 Å². The fourth-order valence-electron chi connectivity index (χ4n) is 4.54. The number of hydrogen-bond acceptors (Lipinski definition) is 10. The number of carbonyl (C=O) groups excluding carboxylic acids is 4. The highest BCUT2D eigenvalue weighted by Gasteiger charge is 2.24. The molecule has 0 saturated carbocycles. The first kappa shape index (κ1) is 39.3. The van der Waals surface area contributed by atoms with Gasteiger partial charge in [0.05, 0.1) is 23.3 Å². The van der Waals surface area contributed by atoms with E-state index in [-0.39, 0.29) is 21.4 Å².